The number of pyridine rings is 2. The molecule has 0 N–H and O–H groups in total. The van der Waals surface area contributed by atoms with Crippen molar-refractivity contribution in [3.63, 3.8) is 0 Å². The molecule has 2 heterocycles. The molecule has 4 nitrogen and oxygen atoms in total. The summed E-state index contributed by atoms with van der Waals surface area (Å²) in [5.74, 6) is 0. The van der Waals surface area contributed by atoms with Gasteiger partial charge in [0.1, 0.15) is 28.0 Å². The van der Waals surface area contributed by atoms with E-state index >= 15 is 0 Å². The fraction of sp³-hybridized carbons (Fsp3) is 0. The molecule has 0 saturated heterocycles. The number of halogens is 3. The summed E-state index contributed by atoms with van der Waals surface area (Å²) in [6, 6.07) is 8.89. The van der Waals surface area contributed by atoms with Gasteiger partial charge in [0, 0.05) is 16.0 Å². The summed E-state index contributed by atoms with van der Waals surface area (Å²) in [6.07, 6.45) is 3.12. The fourth-order valence-corrected chi connectivity index (χ4v) is 2.04. The summed E-state index contributed by atoms with van der Waals surface area (Å²) < 4.78 is 0.833. The van der Waals surface area contributed by atoms with Crippen molar-refractivity contribution >= 4 is 45.8 Å². The Balaban J connectivity index is 0.000000191. The molecule has 0 atom stereocenters. The van der Waals surface area contributed by atoms with E-state index in [0.717, 1.165) is 3.57 Å². The molecule has 0 spiro atoms. The smallest absolute Gasteiger partial charge is 0.147 e. The minimum Gasteiger partial charge on any atom is -0.243 e. The van der Waals surface area contributed by atoms with Crippen molar-refractivity contribution in [2.45, 2.75) is 0 Å². The first-order valence-corrected chi connectivity index (χ1v) is 6.64. The molecule has 0 fully saturated rings. The number of nitrogens with zero attached hydrogens (tertiary/aromatic N) is 4. The van der Waals surface area contributed by atoms with Crippen LogP contribution in [0.25, 0.3) is 0 Å². The summed E-state index contributed by atoms with van der Waals surface area (Å²) in [6.45, 7) is 0. The second-order valence-electron chi connectivity index (χ2n) is 3.02. The molecule has 0 aliphatic carbocycles. The maximum Gasteiger partial charge on any atom is 0.147 e. The highest BCUT2D eigenvalue weighted by molar-refractivity contribution is 14.1. The van der Waals surface area contributed by atoms with Gasteiger partial charge in [-0.2, -0.15) is 10.5 Å². The largest absolute Gasteiger partial charge is 0.243 e. The second kappa shape index (κ2) is 7.90. The van der Waals surface area contributed by atoms with Gasteiger partial charge in [-0.05, 0) is 40.8 Å². The Hall–Kier alpha value is -1.41. The van der Waals surface area contributed by atoms with Crippen molar-refractivity contribution in [2.75, 3.05) is 0 Å². The third kappa shape index (κ3) is 4.64. The van der Waals surface area contributed by atoms with Crippen molar-refractivity contribution in [3.05, 3.63) is 55.6 Å². The van der Waals surface area contributed by atoms with Crippen molar-refractivity contribution in [1.82, 2.24) is 9.97 Å². The standard InChI is InChI=1S/C6H2ClIN2.C6H3ClN2/c7-6-4(3-9)5(8)1-2-10-6;7-6-5(4-8)2-1-3-9-6/h1-2H;1-3H. The number of hydrogen-bond donors (Lipinski definition) is 0. The normalized spacial score (nSPS) is 8.68. The van der Waals surface area contributed by atoms with Crippen LogP contribution < -0.4 is 0 Å². The Morgan fingerprint density at radius 2 is 1.68 bits per heavy atom. The van der Waals surface area contributed by atoms with E-state index in [1.807, 2.05) is 34.7 Å². The van der Waals surface area contributed by atoms with Gasteiger partial charge < -0.3 is 0 Å². The molecule has 0 aliphatic heterocycles. The first-order valence-electron chi connectivity index (χ1n) is 4.81. The highest BCUT2D eigenvalue weighted by Gasteiger charge is 2.02. The Labute approximate surface area is 133 Å². The monoisotopic (exact) mass is 402 g/mol. The maximum atomic E-state index is 8.52. The minimum absolute atomic E-state index is 0.264. The zero-order valence-electron chi connectivity index (χ0n) is 9.31. The molecule has 0 unspecified atom stereocenters. The zero-order chi connectivity index (χ0) is 14.3. The average Bonchev–Trinajstić information content (AvgIpc) is 2.40. The van der Waals surface area contributed by atoms with Gasteiger partial charge in [-0.15, -0.1) is 0 Å². The van der Waals surface area contributed by atoms with Crippen molar-refractivity contribution < 1.29 is 0 Å². The molecule has 2 aromatic rings. The van der Waals surface area contributed by atoms with E-state index in [1.54, 1.807) is 30.6 Å². The lowest BCUT2D eigenvalue weighted by Gasteiger charge is -1.93. The molecule has 2 aromatic heterocycles. The average molecular weight is 403 g/mol. The molecule has 19 heavy (non-hydrogen) atoms. The zero-order valence-corrected chi connectivity index (χ0v) is 13.0. The maximum absolute atomic E-state index is 8.52. The molecule has 7 heteroatoms. The van der Waals surface area contributed by atoms with Gasteiger partial charge in [0.15, 0.2) is 0 Å². The predicted octanol–water partition coefficient (Wildman–Crippen LogP) is 3.82. The highest BCUT2D eigenvalue weighted by atomic mass is 127. The lowest BCUT2D eigenvalue weighted by Crippen LogP contribution is -1.85. The molecule has 94 valence electrons. The van der Waals surface area contributed by atoms with Crippen LogP contribution >= 0.6 is 45.8 Å². The summed E-state index contributed by atoms with van der Waals surface area (Å²) in [5.41, 5.74) is 0.865. The third-order valence-corrected chi connectivity index (χ3v) is 3.33. The summed E-state index contributed by atoms with van der Waals surface area (Å²) in [5, 5.41) is 17.4. The van der Waals surface area contributed by atoms with Crippen LogP contribution in [0.1, 0.15) is 11.1 Å². The molecule has 0 amide bonds. The quantitative estimate of drug-likeness (QED) is 0.496. The van der Waals surface area contributed by atoms with Crippen LogP contribution in [0, 0.1) is 26.2 Å². The van der Waals surface area contributed by atoms with Crippen LogP contribution in [0.5, 0.6) is 0 Å². The fourth-order valence-electron chi connectivity index (χ4n) is 0.984. The molecule has 0 saturated carbocycles. The molecule has 0 aliphatic rings. The molecular formula is C12H5Cl2IN4. The summed E-state index contributed by atoms with van der Waals surface area (Å²) >= 11 is 13.1. The first kappa shape index (κ1) is 15.6. The van der Waals surface area contributed by atoms with Gasteiger partial charge in [-0.25, -0.2) is 9.97 Å². The van der Waals surface area contributed by atoms with E-state index < -0.39 is 0 Å². The highest BCUT2D eigenvalue weighted by Crippen LogP contribution is 2.17. The number of aromatic nitrogens is 2. The first-order chi connectivity index (χ1) is 9.10. The van der Waals surface area contributed by atoms with Crippen LogP contribution in [-0.4, -0.2) is 9.97 Å². The van der Waals surface area contributed by atoms with Crippen molar-refractivity contribution in [1.29, 1.82) is 10.5 Å². The number of hydrogen-bond acceptors (Lipinski definition) is 4. The van der Waals surface area contributed by atoms with Gasteiger partial charge in [-0.1, -0.05) is 23.2 Å². The van der Waals surface area contributed by atoms with Crippen LogP contribution in [0.4, 0.5) is 0 Å². The van der Waals surface area contributed by atoms with E-state index in [2.05, 4.69) is 9.97 Å². The van der Waals surface area contributed by atoms with E-state index in [-0.39, 0.29) is 10.3 Å². The summed E-state index contributed by atoms with van der Waals surface area (Å²) in [7, 11) is 0. The van der Waals surface area contributed by atoms with E-state index in [0.29, 0.717) is 11.1 Å². The molecular weight excluding hydrogens is 398 g/mol. The van der Waals surface area contributed by atoms with E-state index in [1.165, 1.54) is 0 Å². The lowest BCUT2D eigenvalue weighted by atomic mass is 10.3. The van der Waals surface area contributed by atoms with Crippen LogP contribution in [0.3, 0.4) is 0 Å². The SMILES string of the molecule is N#Cc1c(I)ccnc1Cl.N#Cc1cccnc1Cl. The van der Waals surface area contributed by atoms with Gasteiger partial charge in [0.05, 0.1) is 5.56 Å². The molecule has 2 rings (SSSR count). The number of nitriles is 2. The van der Waals surface area contributed by atoms with Gasteiger partial charge in [0.25, 0.3) is 0 Å². The Kier molecular flexibility index (Phi) is 6.51. The molecule has 0 radical (unpaired) electrons. The van der Waals surface area contributed by atoms with Gasteiger partial charge in [0.2, 0.25) is 0 Å². The van der Waals surface area contributed by atoms with Crippen LogP contribution in [0.15, 0.2) is 30.6 Å². The van der Waals surface area contributed by atoms with Crippen molar-refractivity contribution in [3.8, 4) is 12.1 Å². The Bertz CT molecular complexity index is 641. The minimum atomic E-state index is 0.264. The predicted molar refractivity (Wildman–Crippen MR) is 80.6 cm³/mol. The lowest BCUT2D eigenvalue weighted by molar-refractivity contribution is 1.28. The second-order valence-corrected chi connectivity index (χ2v) is 4.90. The van der Waals surface area contributed by atoms with Crippen LogP contribution in [0.2, 0.25) is 10.3 Å². The van der Waals surface area contributed by atoms with Crippen molar-refractivity contribution in [2.24, 2.45) is 0 Å². The molecule has 0 bridgehead atoms. The molecule has 0 aromatic carbocycles. The van der Waals surface area contributed by atoms with Crippen LogP contribution in [-0.2, 0) is 0 Å². The van der Waals surface area contributed by atoms with Gasteiger partial charge in [-0.3, -0.25) is 0 Å². The van der Waals surface area contributed by atoms with E-state index in [4.69, 9.17) is 33.7 Å². The Morgan fingerprint density at radius 3 is 2.11 bits per heavy atom. The summed E-state index contributed by atoms with van der Waals surface area (Å²) in [4.78, 5) is 7.44. The Morgan fingerprint density at radius 1 is 1.00 bits per heavy atom. The van der Waals surface area contributed by atoms with E-state index in [9.17, 15) is 0 Å². The van der Waals surface area contributed by atoms with Gasteiger partial charge >= 0.3 is 0 Å². The number of rotatable bonds is 0. The third-order valence-electron chi connectivity index (χ3n) is 1.85. The topological polar surface area (TPSA) is 73.4 Å².